The van der Waals surface area contributed by atoms with E-state index < -0.39 is 52.2 Å². The van der Waals surface area contributed by atoms with Gasteiger partial charge in [0.15, 0.2) is 6.10 Å². The number of aromatic nitrogens is 2. The first-order valence-electron chi connectivity index (χ1n) is 12.7. The van der Waals surface area contributed by atoms with E-state index in [1.165, 1.54) is 28.7 Å². The van der Waals surface area contributed by atoms with Crippen LogP contribution in [0.1, 0.15) is 25.5 Å². The summed E-state index contributed by atoms with van der Waals surface area (Å²) in [7, 11) is 1.46. The number of hydrogen-bond donors (Lipinski definition) is 2. The van der Waals surface area contributed by atoms with Gasteiger partial charge in [0.2, 0.25) is 0 Å². The summed E-state index contributed by atoms with van der Waals surface area (Å²) < 4.78 is 41.2. The number of methoxy groups -OCH3 is 1. The molecule has 1 aliphatic rings. The Bertz CT molecular complexity index is 1660. The highest BCUT2D eigenvalue weighted by Gasteiger charge is 2.30. The van der Waals surface area contributed by atoms with Gasteiger partial charge in [-0.25, -0.2) is 18.4 Å². The van der Waals surface area contributed by atoms with Crippen LogP contribution in [0.2, 0.25) is 0 Å². The highest BCUT2D eigenvalue weighted by atomic mass is 19.1. The lowest BCUT2D eigenvalue weighted by Crippen LogP contribution is -2.51. The summed E-state index contributed by atoms with van der Waals surface area (Å²) in [5, 5.41) is 14.0. The van der Waals surface area contributed by atoms with Crippen molar-refractivity contribution < 1.29 is 27.8 Å². The summed E-state index contributed by atoms with van der Waals surface area (Å²) in [4.78, 5) is 53.2. The lowest BCUT2D eigenvalue weighted by Gasteiger charge is -2.32. The highest BCUT2D eigenvalue weighted by Crippen LogP contribution is 2.21. The standard InChI is InChI=1S/C27H28F2N6O6/c1-15(2)35-22-5-4-17(11-18(22)25(37)34(27(35)39)7-8-40-3)31-26(38)33-6-9-41-23(14-33)24(36)32-21-12-19(28)16(13-30)10-20(21)29/h4-5,10-12,15,23H,6-9,14H2,1-3H3,(H,31,38)(H,32,36)/t23-/m1/s1. The average Bonchev–Trinajstić information content (AvgIpc) is 2.95. The Labute approximate surface area is 232 Å². The van der Waals surface area contributed by atoms with Crippen LogP contribution in [-0.2, 0) is 20.8 Å². The van der Waals surface area contributed by atoms with E-state index in [0.29, 0.717) is 17.6 Å². The molecule has 2 N–H and O–H groups in total. The smallest absolute Gasteiger partial charge is 0.331 e. The molecular weight excluding hydrogens is 542 g/mol. The second-order valence-corrected chi connectivity index (χ2v) is 9.58. The minimum Gasteiger partial charge on any atom is -0.383 e. The number of morpholine rings is 1. The SMILES string of the molecule is COCCn1c(=O)c2cc(NC(=O)N3CCO[C@@H](C(=O)Nc4cc(F)c(C#N)cc4F)C3)ccc2n(C(C)C)c1=O. The van der Waals surface area contributed by atoms with Crippen LogP contribution in [0.4, 0.5) is 25.0 Å². The molecule has 0 spiro atoms. The minimum absolute atomic E-state index is 0.00167. The van der Waals surface area contributed by atoms with Crippen molar-refractivity contribution in [1.82, 2.24) is 14.0 Å². The number of ether oxygens (including phenoxy) is 2. The Morgan fingerprint density at radius 2 is 1.93 bits per heavy atom. The zero-order valence-corrected chi connectivity index (χ0v) is 22.6. The number of anilines is 2. The maximum atomic E-state index is 14.2. The summed E-state index contributed by atoms with van der Waals surface area (Å²) in [6, 6.07) is 6.66. The molecule has 14 heteroatoms. The van der Waals surface area contributed by atoms with Crippen molar-refractivity contribution in [2.45, 2.75) is 32.5 Å². The zero-order valence-electron chi connectivity index (χ0n) is 22.6. The van der Waals surface area contributed by atoms with Crippen LogP contribution in [-0.4, -0.2) is 65.5 Å². The fourth-order valence-electron chi connectivity index (χ4n) is 4.48. The number of benzene rings is 2. The molecule has 0 unspecified atom stereocenters. The maximum Gasteiger partial charge on any atom is 0.331 e. The number of halogens is 2. The van der Waals surface area contributed by atoms with Gasteiger partial charge in [-0.05, 0) is 38.1 Å². The largest absolute Gasteiger partial charge is 0.383 e. The number of carbonyl (C=O) groups excluding carboxylic acids is 2. The molecular formula is C27H28F2N6O6. The van der Waals surface area contributed by atoms with E-state index in [0.717, 1.165) is 4.57 Å². The molecule has 1 aromatic heterocycles. The highest BCUT2D eigenvalue weighted by molar-refractivity contribution is 5.96. The second-order valence-electron chi connectivity index (χ2n) is 9.58. The molecule has 1 fully saturated rings. The van der Waals surface area contributed by atoms with Crippen molar-refractivity contribution >= 4 is 34.2 Å². The van der Waals surface area contributed by atoms with Gasteiger partial charge in [0, 0.05) is 31.5 Å². The zero-order chi connectivity index (χ0) is 29.8. The molecule has 4 rings (SSSR count). The lowest BCUT2D eigenvalue weighted by atomic mass is 10.2. The van der Waals surface area contributed by atoms with Gasteiger partial charge in [-0.15, -0.1) is 0 Å². The molecule has 1 atom stereocenters. The molecule has 0 bridgehead atoms. The van der Waals surface area contributed by atoms with Gasteiger partial charge in [-0.2, -0.15) is 5.26 Å². The van der Waals surface area contributed by atoms with Crippen molar-refractivity contribution in [2.75, 3.05) is 44.0 Å². The molecule has 0 aliphatic carbocycles. The van der Waals surface area contributed by atoms with Crippen LogP contribution in [0.15, 0.2) is 39.9 Å². The predicted molar refractivity (Wildman–Crippen MR) is 145 cm³/mol. The van der Waals surface area contributed by atoms with E-state index in [1.807, 2.05) is 13.8 Å². The summed E-state index contributed by atoms with van der Waals surface area (Å²) in [5.41, 5.74) is -1.26. The molecule has 1 aliphatic heterocycles. The molecule has 2 aromatic carbocycles. The van der Waals surface area contributed by atoms with Crippen molar-refractivity contribution in [1.29, 1.82) is 5.26 Å². The van der Waals surface area contributed by atoms with Gasteiger partial charge in [0.1, 0.15) is 17.7 Å². The van der Waals surface area contributed by atoms with Crippen LogP contribution in [0, 0.1) is 23.0 Å². The van der Waals surface area contributed by atoms with Crippen molar-refractivity contribution in [3.63, 3.8) is 0 Å². The molecule has 0 saturated carbocycles. The molecule has 0 radical (unpaired) electrons. The summed E-state index contributed by atoms with van der Waals surface area (Å²) in [5.74, 6) is -2.80. The number of nitrogens with one attached hydrogen (secondary N) is 2. The summed E-state index contributed by atoms with van der Waals surface area (Å²) in [6.45, 7) is 3.80. The molecule has 12 nitrogen and oxygen atoms in total. The average molecular weight is 571 g/mol. The van der Waals surface area contributed by atoms with Crippen molar-refractivity contribution in [3.8, 4) is 6.07 Å². The number of fused-ring (bicyclic) bond motifs is 1. The topological polar surface area (TPSA) is 148 Å². The van der Waals surface area contributed by atoms with Gasteiger partial charge >= 0.3 is 11.7 Å². The van der Waals surface area contributed by atoms with Gasteiger partial charge in [0.05, 0.1) is 48.5 Å². The van der Waals surface area contributed by atoms with Crippen LogP contribution in [0.3, 0.4) is 0 Å². The third-order valence-corrected chi connectivity index (χ3v) is 6.54. The van der Waals surface area contributed by atoms with Crippen LogP contribution < -0.4 is 21.9 Å². The molecule has 2 heterocycles. The van der Waals surface area contributed by atoms with E-state index in [9.17, 15) is 28.0 Å². The van der Waals surface area contributed by atoms with Crippen LogP contribution in [0.5, 0.6) is 0 Å². The Morgan fingerprint density at radius 1 is 1.17 bits per heavy atom. The van der Waals surface area contributed by atoms with Crippen LogP contribution >= 0.6 is 0 Å². The minimum atomic E-state index is -1.18. The fraction of sp³-hybridized carbons (Fsp3) is 0.370. The predicted octanol–water partition coefficient (Wildman–Crippen LogP) is 2.41. The molecule has 1 saturated heterocycles. The lowest BCUT2D eigenvalue weighted by molar-refractivity contribution is -0.131. The number of urea groups is 1. The molecule has 3 amide bonds. The monoisotopic (exact) mass is 570 g/mol. The van der Waals surface area contributed by atoms with E-state index in [-0.39, 0.29) is 50.0 Å². The number of nitriles is 1. The number of carbonyl (C=O) groups is 2. The number of rotatable bonds is 7. The third kappa shape index (κ3) is 6.11. The van der Waals surface area contributed by atoms with E-state index >= 15 is 0 Å². The number of nitrogens with zero attached hydrogens (tertiary/aromatic N) is 4. The van der Waals surface area contributed by atoms with E-state index in [1.54, 1.807) is 12.1 Å². The second kappa shape index (κ2) is 12.3. The molecule has 216 valence electrons. The molecule has 3 aromatic rings. The quantitative estimate of drug-likeness (QED) is 0.443. The number of amides is 3. The molecule has 41 heavy (non-hydrogen) atoms. The van der Waals surface area contributed by atoms with E-state index in [2.05, 4.69) is 10.6 Å². The fourth-order valence-corrected chi connectivity index (χ4v) is 4.48. The first-order chi connectivity index (χ1) is 19.5. The van der Waals surface area contributed by atoms with Gasteiger partial charge in [-0.3, -0.25) is 18.7 Å². The Kier molecular flexibility index (Phi) is 8.80. The summed E-state index contributed by atoms with van der Waals surface area (Å²) in [6.07, 6.45) is -1.18. The van der Waals surface area contributed by atoms with Crippen molar-refractivity contribution in [3.05, 3.63) is 68.4 Å². The number of hydrogen-bond acceptors (Lipinski definition) is 7. The summed E-state index contributed by atoms with van der Waals surface area (Å²) >= 11 is 0. The first-order valence-corrected chi connectivity index (χ1v) is 12.7. The first kappa shape index (κ1) is 29.4. The normalized spacial score (nSPS) is 15.1. The van der Waals surface area contributed by atoms with Gasteiger partial charge < -0.3 is 25.0 Å². The van der Waals surface area contributed by atoms with Crippen LogP contribution in [0.25, 0.3) is 10.9 Å². The Hall–Kier alpha value is -4.61. The van der Waals surface area contributed by atoms with Gasteiger partial charge in [0.25, 0.3) is 11.5 Å². The van der Waals surface area contributed by atoms with E-state index in [4.69, 9.17) is 14.7 Å². The van der Waals surface area contributed by atoms with Gasteiger partial charge in [-0.1, -0.05) is 0 Å². The van der Waals surface area contributed by atoms with Crippen molar-refractivity contribution in [2.24, 2.45) is 0 Å². The maximum absolute atomic E-state index is 14.2. The Balaban J connectivity index is 1.52. The Morgan fingerprint density at radius 3 is 2.61 bits per heavy atom. The third-order valence-electron chi connectivity index (χ3n) is 6.54.